The van der Waals surface area contributed by atoms with Gasteiger partial charge in [0.05, 0.1) is 11.4 Å². The van der Waals surface area contributed by atoms with Crippen LogP contribution in [0.1, 0.15) is 77.2 Å². The summed E-state index contributed by atoms with van der Waals surface area (Å²) in [5.74, 6) is 0.525. The fourth-order valence-corrected chi connectivity index (χ4v) is 3.02. The topological polar surface area (TPSA) is 26.5 Å². The Hall–Kier alpha value is -1.31. The van der Waals surface area contributed by atoms with Gasteiger partial charge in [0.1, 0.15) is 0 Å². The Morgan fingerprint density at radius 1 is 0.905 bits per heavy atom. The van der Waals surface area contributed by atoms with Gasteiger partial charge in [0.25, 0.3) is 0 Å². The molecule has 1 radical (unpaired) electrons. The lowest BCUT2D eigenvalue weighted by Crippen LogP contribution is -2.10. The zero-order valence-electron chi connectivity index (χ0n) is 13.6. The fourth-order valence-electron chi connectivity index (χ4n) is 3.02. The van der Waals surface area contributed by atoms with Crippen molar-refractivity contribution in [2.24, 2.45) is 11.0 Å². The first-order chi connectivity index (χ1) is 10.3. The Morgan fingerprint density at radius 2 is 1.57 bits per heavy atom. The highest BCUT2D eigenvalue weighted by molar-refractivity contribution is 6.07. The second kappa shape index (κ2) is 8.86. The number of hydrogen-bond acceptors (Lipinski definition) is 1. The largest absolute Gasteiger partial charge is 0.154 e. The summed E-state index contributed by atoms with van der Waals surface area (Å²) in [5.41, 5.74) is 7.74. The Kier molecular flexibility index (Phi) is 6.78. The highest BCUT2D eigenvalue weighted by Crippen LogP contribution is 2.27. The van der Waals surface area contributed by atoms with Crippen molar-refractivity contribution in [3.8, 4) is 0 Å². The second-order valence-corrected chi connectivity index (χ2v) is 6.27. The summed E-state index contributed by atoms with van der Waals surface area (Å²) in [4.78, 5) is 0. The summed E-state index contributed by atoms with van der Waals surface area (Å²) in [6, 6.07) is 8.31. The van der Waals surface area contributed by atoms with E-state index in [1.807, 2.05) is 6.07 Å². The van der Waals surface area contributed by atoms with Crippen LogP contribution >= 0.6 is 0 Å². The zero-order valence-corrected chi connectivity index (χ0v) is 13.6. The van der Waals surface area contributed by atoms with E-state index in [9.17, 15) is 0 Å². The molecule has 2 rings (SSSR count). The van der Waals surface area contributed by atoms with Gasteiger partial charge in [-0.25, -0.2) is 0 Å². The summed E-state index contributed by atoms with van der Waals surface area (Å²) < 4.78 is 0. The smallest absolute Gasteiger partial charge is 0.0948 e. The van der Waals surface area contributed by atoms with E-state index in [4.69, 9.17) is 0 Å². The van der Waals surface area contributed by atoms with Crippen molar-refractivity contribution in [2.75, 3.05) is 0 Å². The third-order valence-corrected chi connectivity index (χ3v) is 4.40. The molecule has 0 amide bonds. The molecule has 0 aliphatic carbocycles. The fraction of sp³-hybridized carbons (Fsp3) is 0.632. The van der Waals surface area contributed by atoms with Crippen LogP contribution < -0.4 is 5.43 Å². The van der Waals surface area contributed by atoms with E-state index in [1.54, 1.807) is 0 Å². The summed E-state index contributed by atoms with van der Waals surface area (Å²) in [7, 11) is 0. The molecule has 2 heteroatoms. The zero-order chi connectivity index (χ0) is 14.9. The molecule has 115 valence electrons. The van der Waals surface area contributed by atoms with Crippen LogP contribution in [-0.2, 0) is 0 Å². The number of hydrogen-bond donors (Lipinski definition) is 0. The molecule has 0 saturated heterocycles. The van der Waals surface area contributed by atoms with Crippen molar-refractivity contribution in [1.29, 1.82) is 0 Å². The monoisotopic (exact) mass is 285 g/mol. The molecular formula is C19H29N2. The molecule has 1 unspecified atom stereocenters. The van der Waals surface area contributed by atoms with Crippen molar-refractivity contribution in [1.82, 2.24) is 5.43 Å². The van der Waals surface area contributed by atoms with Crippen molar-refractivity contribution in [3.63, 3.8) is 0 Å². The average Bonchev–Trinajstić information content (AvgIpc) is 2.94. The number of unbranched alkanes of at least 4 members (excludes halogenated alkanes) is 7. The predicted molar refractivity (Wildman–Crippen MR) is 91.2 cm³/mol. The van der Waals surface area contributed by atoms with Crippen molar-refractivity contribution in [2.45, 2.75) is 71.6 Å². The lowest BCUT2D eigenvalue weighted by atomic mass is 9.93. The number of fused-ring (bicyclic) bond motifs is 1. The summed E-state index contributed by atoms with van der Waals surface area (Å²) in [5, 5.41) is 4.39. The maximum atomic E-state index is 4.39. The molecule has 2 nitrogen and oxygen atoms in total. The van der Waals surface area contributed by atoms with E-state index in [0.29, 0.717) is 5.92 Å². The minimum absolute atomic E-state index is 0.525. The highest BCUT2D eigenvalue weighted by Gasteiger charge is 2.21. The lowest BCUT2D eigenvalue weighted by molar-refractivity contribution is 0.542. The Bertz CT molecular complexity index is 451. The molecule has 1 aromatic rings. The third kappa shape index (κ3) is 4.87. The van der Waals surface area contributed by atoms with E-state index in [1.165, 1.54) is 69.1 Å². The standard InChI is InChI=1S/C19H29N2/c1-3-4-5-6-7-8-9-10-13-16(2)19-17-14-11-12-15-18(17)20-21-19/h11-12,14-16H,3-10,13H2,1-2H3. The maximum absolute atomic E-state index is 4.39. The summed E-state index contributed by atoms with van der Waals surface area (Å²) in [6.07, 6.45) is 12.3. The SMILES string of the molecule is CCCCCCCCCCC(C)C1=N[N]c2ccccc21. The first-order valence-corrected chi connectivity index (χ1v) is 8.71. The quantitative estimate of drug-likeness (QED) is 0.485. The van der Waals surface area contributed by atoms with Gasteiger partial charge in [0.15, 0.2) is 0 Å². The van der Waals surface area contributed by atoms with Gasteiger partial charge < -0.3 is 0 Å². The van der Waals surface area contributed by atoms with Crippen LogP contribution in [0.2, 0.25) is 0 Å². The van der Waals surface area contributed by atoms with Crippen LogP contribution in [0.3, 0.4) is 0 Å². The molecule has 0 saturated carbocycles. The lowest BCUT2D eigenvalue weighted by Gasteiger charge is -2.11. The molecular weight excluding hydrogens is 256 g/mol. The first-order valence-electron chi connectivity index (χ1n) is 8.71. The molecule has 0 fully saturated rings. The van der Waals surface area contributed by atoms with Gasteiger partial charge in [-0.1, -0.05) is 83.4 Å². The van der Waals surface area contributed by atoms with Gasteiger partial charge in [-0.15, -0.1) is 0 Å². The average molecular weight is 285 g/mol. The van der Waals surface area contributed by atoms with Crippen LogP contribution in [0.25, 0.3) is 0 Å². The highest BCUT2D eigenvalue weighted by atomic mass is 15.3. The number of nitrogens with zero attached hydrogens (tertiary/aromatic N) is 2. The molecule has 21 heavy (non-hydrogen) atoms. The van der Waals surface area contributed by atoms with Gasteiger partial charge in [-0.05, 0) is 12.5 Å². The molecule has 0 aromatic heterocycles. The van der Waals surface area contributed by atoms with Gasteiger partial charge in [0, 0.05) is 11.5 Å². The van der Waals surface area contributed by atoms with E-state index >= 15 is 0 Å². The number of benzene rings is 1. The van der Waals surface area contributed by atoms with E-state index in [0.717, 1.165) is 5.69 Å². The van der Waals surface area contributed by atoms with E-state index < -0.39 is 0 Å². The van der Waals surface area contributed by atoms with Crippen molar-refractivity contribution >= 4 is 11.4 Å². The maximum Gasteiger partial charge on any atom is 0.0948 e. The van der Waals surface area contributed by atoms with Crippen molar-refractivity contribution < 1.29 is 0 Å². The molecule has 0 spiro atoms. The second-order valence-electron chi connectivity index (χ2n) is 6.27. The van der Waals surface area contributed by atoms with E-state index in [-0.39, 0.29) is 0 Å². The molecule has 0 bridgehead atoms. The molecule has 1 aromatic carbocycles. The summed E-state index contributed by atoms with van der Waals surface area (Å²) >= 11 is 0. The van der Waals surface area contributed by atoms with Crippen LogP contribution in [0.15, 0.2) is 29.4 Å². The van der Waals surface area contributed by atoms with Crippen LogP contribution in [0.4, 0.5) is 5.69 Å². The number of rotatable bonds is 10. The molecule has 1 atom stereocenters. The molecule has 1 aliphatic rings. The van der Waals surface area contributed by atoms with Gasteiger partial charge in [-0.3, -0.25) is 0 Å². The Balaban J connectivity index is 1.62. The molecule has 1 heterocycles. The molecule has 1 aliphatic heterocycles. The Labute approximate surface area is 130 Å². The minimum atomic E-state index is 0.525. The normalized spacial score (nSPS) is 14.5. The van der Waals surface area contributed by atoms with Gasteiger partial charge >= 0.3 is 0 Å². The van der Waals surface area contributed by atoms with Crippen LogP contribution in [-0.4, -0.2) is 5.71 Å². The van der Waals surface area contributed by atoms with E-state index in [2.05, 4.69) is 42.6 Å². The minimum Gasteiger partial charge on any atom is -0.154 e. The van der Waals surface area contributed by atoms with Crippen molar-refractivity contribution in [3.05, 3.63) is 29.8 Å². The molecule has 0 N–H and O–H groups in total. The van der Waals surface area contributed by atoms with Crippen LogP contribution in [0.5, 0.6) is 0 Å². The predicted octanol–water partition coefficient (Wildman–Crippen LogP) is 5.81. The third-order valence-electron chi connectivity index (χ3n) is 4.40. The first kappa shape index (κ1) is 16.1. The summed E-state index contributed by atoms with van der Waals surface area (Å²) in [6.45, 7) is 4.56. The van der Waals surface area contributed by atoms with Crippen LogP contribution in [0, 0.1) is 5.92 Å². The van der Waals surface area contributed by atoms with Gasteiger partial charge in [0.2, 0.25) is 0 Å². The van der Waals surface area contributed by atoms with Gasteiger partial charge in [-0.2, -0.15) is 10.5 Å². The Morgan fingerprint density at radius 3 is 2.33 bits per heavy atom.